The maximum Gasteiger partial charge on any atom is -0.00489 e. The van der Waals surface area contributed by atoms with E-state index >= 15 is 0 Å². The molecule has 0 aromatic carbocycles. The van der Waals surface area contributed by atoms with Crippen LogP contribution >= 0.6 is 0 Å². The van der Waals surface area contributed by atoms with Crippen molar-refractivity contribution in [3.05, 3.63) is 0 Å². The van der Waals surface area contributed by atoms with Gasteiger partial charge in [0, 0.05) is 0 Å². The molecule has 0 atom stereocenters. The van der Waals surface area contributed by atoms with Gasteiger partial charge in [-0.05, 0) is 56.4 Å². The molecule has 0 radical (unpaired) electrons. The third-order valence-electron chi connectivity index (χ3n) is 3.91. The van der Waals surface area contributed by atoms with Gasteiger partial charge in [-0.25, -0.2) is 0 Å². The second-order valence-corrected chi connectivity index (χ2v) is 4.53. The maximum atomic E-state index is 5.65. The first-order chi connectivity index (χ1) is 5.35. The molecule has 2 saturated carbocycles. The van der Waals surface area contributed by atoms with Gasteiger partial charge in [0.1, 0.15) is 0 Å². The molecule has 0 unspecified atom stereocenters. The first-order valence-corrected chi connectivity index (χ1v) is 5.05. The van der Waals surface area contributed by atoms with Gasteiger partial charge in [0.15, 0.2) is 0 Å². The molecule has 64 valence electrons. The molecule has 0 heterocycles. The lowest BCUT2D eigenvalue weighted by atomic mass is 9.59. The molecule has 2 rings (SSSR count). The Hall–Kier alpha value is -0.0400. The molecule has 0 saturated heterocycles. The maximum absolute atomic E-state index is 5.65. The van der Waals surface area contributed by atoms with E-state index in [1.807, 2.05) is 0 Å². The lowest BCUT2D eigenvalue weighted by molar-refractivity contribution is 0.0573. The molecule has 0 aromatic rings. The van der Waals surface area contributed by atoms with E-state index < -0.39 is 0 Å². The highest BCUT2D eigenvalue weighted by atomic mass is 14.6. The Labute approximate surface area is 69.4 Å². The summed E-state index contributed by atoms with van der Waals surface area (Å²) in [6, 6.07) is 0. The zero-order valence-corrected chi connectivity index (χ0v) is 7.31. The summed E-state index contributed by atoms with van der Waals surface area (Å²) in [7, 11) is 0. The summed E-state index contributed by atoms with van der Waals surface area (Å²) in [6.07, 6.45) is 10.3. The number of rotatable bonds is 1. The van der Waals surface area contributed by atoms with Gasteiger partial charge in [0.2, 0.25) is 0 Å². The number of hydrogen-bond acceptors (Lipinski definition) is 1. The summed E-state index contributed by atoms with van der Waals surface area (Å²) in [4.78, 5) is 0. The molecule has 1 heteroatoms. The SMILES string of the molecule is NCC1CCC2(CCC2)CC1. The Morgan fingerprint density at radius 1 is 1.09 bits per heavy atom. The van der Waals surface area contributed by atoms with Crippen molar-refractivity contribution in [1.29, 1.82) is 0 Å². The van der Waals surface area contributed by atoms with Crippen LogP contribution in [0.3, 0.4) is 0 Å². The Kier molecular flexibility index (Phi) is 1.92. The van der Waals surface area contributed by atoms with Crippen LogP contribution in [-0.4, -0.2) is 6.54 Å². The highest BCUT2D eigenvalue weighted by molar-refractivity contribution is 4.91. The molecule has 0 aromatic heterocycles. The normalized spacial score (nSPS) is 30.3. The monoisotopic (exact) mass is 153 g/mol. The van der Waals surface area contributed by atoms with Crippen molar-refractivity contribution in [1.82, 2.24) is 0 Å². The van der Waals surface area contributed by atoms with Gasteiger partial charge in [0.05, 0.1) is 0 Å². The predicted octanol–water partition coefficient (Wildman–Crippen LogP) is 2.31. The van der Waals surface area contributed by atoms with Crippen molar-refractivity contribution >= 4 is 0 Å². The van der Waals surface area contributed by atoms with Crippen LogP contribution in [0.1, 0.15) is 44.9 Å². The molecule has 0 aliphatic heterocycles. The first kappa shape index (κ1) is 7.60. The van der Waals surface area contributed by atoms with Crippen LogP contribution in [0.4, 0.5) is 0 Å². The van der Waals surface area contributed by atoms with Crippen molar-refractivity contribution < 1.29 is 0 Å². The van der Waals surface area contributed by atoms with Crippen molar-refractivity contribution in [2.45, 2.75) is 44.9 Å². The minimum Gasteiger partial charge on any atom is -0.330 e. The van der Waals surface area contributed by atoms with E-state index in [9.17, 15) is 0 Å². The Morgan fingerprint density at radius 2 is 1.73 bits per heavy atom. The smallest absolute Gasteiger partial charge is 0.00489 e. The fourth-order valence-corrected chi connectivity index (χ4v) is 2.70. The second kappa shape index (κ2) is 2.78. The summed E-state index contributed by atoms with van der Waals surface area (Å²) < 4.78 is 0. The molecular formula is C10H19N. The lowest BCUT2D eigenvalue weighted by Crippen LogP contribution is -2.35. The van der Waals surface area contributed by atoms with Crippen LogP contribution in [0.25, 0.3) is 0 Å². The van der Waals surface area contributed by atoms with E-state index in [4.69, 9.17) is 5.73 Å². The van der Waals surface area contributed by atoms with Gasteiger partial charge in [-0.1, -0.05) is 6.42 Å². The summed E-state index contributed by atoms with van der Waals surface area (Å²) in [6.45, 7) is 0.927. The van der Waals surface area contributed by atoms with Gasteiger partial charge in [-0.2, -0.15) is 0 Å². The largest absolute Gasteiger partial charge is 0.330 e. The highest BCUT2D eigenvalue weighted by Crippen LogP contribution is 2.52. The van der Waals surface area contributed by atoms with E-state index in [0.717, 1.165) is 17.9 Å². The van der Waals surface area contributed by atoms with Crippen LogP contribution in [0.15, 0.2) is 0 Å². The molecule has 11 heavy (non-hydrogen) atoms. The number of nitrogens with two attached hydrogens (primary N) is 1. The van der Waals surface area contributed by atoms with Gasteiger partial charge in [-0.3, -0.25) is 0 Å². The third-order valence-corrected chi connectivity index (χ3v) is 3.91. The van der Waals surface area contributed by atoms with E-state index in [-0.39, 0.29) is 0 Å². The molecule has 0 bridgehead atoms. The molecular weight excluding hydrogens is 134 g/mol. The van der Waals surface area contributed by atoms with Crippen molar-refractivity contribution in [3.8, 4) is 0 Å². The molecule has 0 amide bonds. The van der Waals surface area contributed by atoms with Crippen molar-refractivity contribution in [2.75, 3.05) is 6.54 Å². The molecule has 1 spiro atoms. The Bertz CT molecular complexity index is 128. The van der Waals surface area contributed by atoms with Crippen LogP contribution in [0, 0.1) is 11.3 Å². The van der Waals surface area contributed by atoms with Gasteiger partial charge < -0.3 is 5.73 Å². The quantitative estimate of drug-likeness (QED) is 0.614. The standard InChI is InChI=1S/C10H19N/c11-8-9-2-6-10(7-3-9)4-1-5-10/h9H,1-8,11H2. The summed E-state index contributed by atoms with van der Waals surface area (Å²) in [5.74, 6) is 0.862. The lowest BCUT2D eigenvalue weighted by Gasteiger charge is -2.46. The average Bonchev–Trinajstić information content (AvgIpc) is 2.02. The zero-order chi connectivity index (χ0) is 7.73. The van der Waals surface area contributed by atoms with E-state index in [2.05, 4.69) is 0 Å². The summed E-state index contributed by atoms with van der Waals surface area (Å²) in [5, 5.41) is 0. The first-order valence-electron chi connectivity index (χ1n) is 5.05. The highest BCUT2D eigenvalue weighted by Gasteiger charge is 2.39. The van der Waals surface area contributed by atoms with Crippen molar-refractivity contribution in [2.24, 2.45) is 17.1 Å². The Balaban J connectivity index is 1.84. The number of hydrogen-bond donors (Lipinski definition) is 1. The average molecular weight is 153 g/mol. The van der Waals surface area contributed by atoms with E-state index in [0.29, 0.717) is 0 Å². The molecule has 2 N–H and O–H groups in total. The van der Waals surface area contributed by atoms with Gasteiger partial charge in [-0.15, -0.1) is 0 Å². The zero-order valence-electron chi connectivity index (χ0n) is 7.31. The van der Waals surface area contributed by atoms with Crippen molar-refractivity contribution in [3.63, 3.8) is 0 Å². The van der Waals surface area contributed by atoms with Gasteiger partial charge in [0.25, 0.3) is 0 Å². The summed E-state index contributed by atoms with van der Waals surface area (Å²) >= 11 is 0. The van der Waals surface area contributed by atoms with Crippen LogP contribution in [-0.2, 0) is 0 Å². The summed E-state index contributed by atoms with van der Waals surface area (Å²) in [5.41, 5.74) is 6.48. The van der Waals surface area contributed by atoms with Gasteiger partial charge >= 0.3 is 0 Å². The minimum atomic E-state index is 0.825. The third kappa shape index (κ3) is 1.31. The molecule has 1 nitrogen and oxygen atoms in total. The van der Waals surface area contributed by atoms with E-state index in [1.165, 1.54) is 44.9 Å². The topological polar surface area (TPSA) is 26.0 Å². The van der Waals surface area contributed by atoms with E-state index in [1.54, 1.807) is 0 Å². The van der Waals surface area contributed by atoms with Crippen LogP contribution < -0.4 is 5.73 Å². The van der Waals surface area contributed by atoms with Crippen LogP contribution in [0.2, 0.25) is 0 Å². The molecule has 2 aliphatic rings. The Morgan fingerprint density at radius 3 is 2.09 bits per heavy atom. The molecule has 2 aliphatic carbocycles. The predicted molar refractivity (Wildman–Crippen MR) is 47.3 cm³/mol. The molecule has 2 fully saturated rings. The fraction of sp³-hybridized carbons (Fsp3) is 1.00. The fourth-order valence-electron chi connectivity index (χ4n) is 2.70. The second-order valence-electron chi connectivity index (χ2n) is 4.53. The minimum absolute atomic E-state index is 0.825. The van der Waals surface area contributed by atoms with Crippen LogP contribution in [0.5, 0.6) is 0 Å².